The molecule has 0 bridgehead atoms. The highest BCUT2D eigenvalue weighted by Gasteiger charge is 2.18. The number of benzene rings is 2. The topological polar surface area (TPSA) is 60.6 Å². The van der Waals surface area contributed by atoms with E-state index in [1.54, 1.807) is 0 Å². The summed E-state index contributed by atoms with van der Waals surface area (Å²) in [6.45, 7) is 11.7. The van der Waals surface area contributed by atoms with Gasteiger partial charge in [-0.15, -0.1) is 0 Å². The number of rotatable bonds is 7. The summed E-state index contributed by atoms with van der Waals surface area (Å²) in [5, 5.41) is 5.21. The summed E-state index contributed by atoms with van der Waals surface area (Å²) in [4.78, 5) is 20.6. The number of ether oxygens (including phenoxy) is 1. The summed E-state index contributed by atoms with van der Waals surface area (Å²) < 4.78 is 5.49. The van der Waals surface area contributed by atoms with Crippen molar-refractivity contribution in [2.24, 2.45) is 0 Å². The number of nitrogens with one attached hydrogen (secondary N) is 2. The van der Waals surface area contributed by atoms with Crippen molar-refractivity contribution in [3.05, 3.63) is 81.1 Å². The van der Waals surface area contributed by atoms with Crippen LogP contribution in [0.1, 0.15) is 35.2 Å². The molecule has 0 radical (unpaired) electrons. The van der Waals surface area contributed by atoms with Crippen molar-refractivity contribution in [1.29, 1.82) is 0 Å². The number of pyridine rings is 1. The second-order valence-electron chi connectivity index (χ2n) is 9.12. The van der Waals surface area contributed by atoms with Gasteiger partial charge in [0, 0.05) is 42.6 Å². The Morgan fingerprint density at radius 3 is 2.65 bits per heavy atom. The summed E-state index contributed by atoms with van der Waals surface area (Å²) in [5.74, 6) is 0. The van der Waals surface area contributed by atoms with Crippen molar-refractivity contribution in [3.8, 4) is 0 Å². The Morgan fingerprint density at radius 2 is 1.91 bits per heavy atom. The van der Waals surface area contributed by atoms with Gasteiger partial charge in [0.25, 0.3) is 5.56 Å². The molecule has 0 amide bonds. The third-order valence-electron chi connectivity index (χ3n) is 6.47. The van der Waals surface area contributed by atoms with Gasteiger partial charge in [-0.2, -0.15) is 0 Å². The third-order valence-corrected chi connectivity index (χ3v) is 6.84. The standard InChI is InChI=1S/C27H34N4O2S/c1-19-15-20(2)24-17-23(26(32)29-25(24)16-19)18-31(10-9-30-11-13-33-14-12-30)27(34)28-21(3)22-7-5-4-6-8-22/h4-8,15-17,21H,9-14,18H2,1-3H3,(H,28,34)(H,29,32)/t21-/m0/s1. The Kier molecular flexibility index (Phi) is 7.98. The van der Waals surface area contributed by atoms with E-state index < -0.39 is 0 Å². The van der Waals surface area contributed by atoms with Crippen molar-refractivity contribution in [3.63, 3.8) is 0 Å². The van der Waals surface area contributed by atoms with Crippen LogP contribution in [0.15, 0.2) is 53.3 Å². The molecular formula is C27H34N4O2S. The van der Waals surface area contributed by atoms with Gasteiger partial charge in [-0.3, -0.25) is 9.69 Å². The molecule has 1 atom stereocenters. The maximum absolute atomic E-state index is 13.0. The number of aryl methyl sites for hydroxylation is 2. The lowest BCUT2D eigenvalue weighted by atomic mass is 10.0. The molecule has 1 aliphatic rings. The van der Waals surface area contributed by atoms with Crippen LogP contribution in [-0.4, -0.2) is 59.3 Å². The highest BCUT2D eigenvalue weighted by Crippen LogP contribution is 2.19. The van der Waals surface area contributed by atoms with Gasteiger partial charge in [0.15, 0.2) is 5.11 Å². The summed E-state index contributed by atoms with van der Waals surface area (Å²) >= 11 is 5.86. The predicted octanol–water partition coefficient (Wildman–Crippen LogP) is 3.91. The van der Waals surface area contributed by atoms with Crippen molar-refractivity contribution in [1.82, 2.24) is 20.1 Å². The summed E-state index contributed by atoms with van der Waals surface area (Å²) in [7, 11) is 0. The van der Waals surface area contributed by atoms with Crippen LogP contribution in [-0.2, 0) is 11.3 Å². The minimum Gasteiger partial charge on any atom is -0.379 e. The van der Waals surface area contributed by atoms with Gasteiger partial charge in [0.1, 0.15) is 0 Å². The van der Waals surface area contributed by atoms with Gasteiger partial charge < -0.3 is 19.9 Å². The molecule has 6 nitrogen and oxygen atoms in total. The van der Waals surface area contributed by atoms with Gasteiger partial charge >= 0.3 is 0 Å². The van der Waals surface area contributed by atoms with E-state index in [1.807, 2.05) is 37.3 Å². The zero-order valence-electron chi connectivity index (χ0n) is 20.3. The maximum atomic E-state index is 13.0. The van der Waals surface area contributed by atoms with Crippen LogP contribution in [0.25, 0.3) is 10.9 Å². The van der Waals surface area contributed by atoms with Crippen LogP contribution in [0, 0.1) is 13.8 Å². The monoisotopic (exact) mass is 478 g/mol. The predicted molar refractivity (Wildman–Crippen MR) is 142 cm³/mol. The van der Waals surface area contributed by atoms with Crippen molar-refractivity contribution in [2.75, 3.05) is 39.4 Å². The molecule has 0 spiro atoms. The molecule has 180 valence electrons. The highest BCUT2D eigenvalue weighted by atomic mass is 32.1. The molecule has 34 heavy (non-hydrogen) atoms. The first-order chi connectivity index (χ1) is 16.4. The molecule has 2 heterocycles. The SMILES string of the molecule is Cc1cc(C)c2cc(CN(CCN3CCOCC3)C(=S)N[C@@H](C)c3ccccc3)c(=O)[nH]c2c1. The molecule has 2 N–H and O–H groups in total. The molecule has 1 fully saturated rings. The van der Waals surface area contributed by atoms with Crippen LogP contribution in [0.5, 0.6) is 0 Å². The van der Waals surface area contributed by atoms with Gasteiger partial charge in [-0.25, -0.2) is 0 Å². The molecular weight excluding hydrogens is 444 g/mol. The molecule has 4 rings (SSSR count). The van der Waals surface area contributed by atoms with E-state index in [0.717, 1.165) is 67.0 Å². The Balaban J connectivity index is 1.56. The van der Waals surface area contributed by atoms with Crippen LogP contribution >= 0.6 is 12.2 Å². The number of thiocarbonyl (C=S) groups is 1. The molecule has 1 aromatic heterocycles. The Bertz CT molecular complexity index is 1190. The summed E-state index contributed by atoms with van der Waals surface area (Å²) in [6, 6.07) is 16.5. The van der Waals surface area contributed by atoms with E-state index in [4.69, 9.17) is 17.0 Å². The molecule has 0 unspecified atom stereocenters. The summed E-state index contributed by atoms with van der Waals surface area (Å²) in [5.41, 5.74) is 5.01. The molecule has 0 aliphatic carbocycles. The fourth-order valence-corrected chi connectivity index (χ4v) is 4.81. The third kappa shape index (κ3) is 6.03. The second kappa shape index (κ2) is 11.1. The number of H-pyrrole nitrogens is 1. The minimum absolute atomic E-state index is 0.0622. The number of aromatic nitrogens is 1. The smallest absolute Gasteiger partial charge is 0.253 e. The average molecular weight is 479 g/mol. The molecule has 1 saturated heterocycles. The normalized spacial score (nSPS) is 15.3. The molecule has 1 aliphatic heterocycles. The Labute approximate surface area is 206 Å². The van der Waals surface area contributed by atoms with E-state index in [-0.39, 0.29) is 11.6 Å². The lowest BCUT2D eigenvalue weighted by Gasteiger charge is -2.32. The van der Waals surface area contributed by atoms with E-state index in [9.17, 15) is 4.79 Å². The van der Waals surface area contributed by atoms with E-state index in [2.05, 4.69) is 52.1 Å². The first-order valence-electron chi connectivity index (χ1n) is 11.9. The lowest BCUT2D eigenvalue weighted by Crippen LogP contribution is -2.46. The zero-order chi connectivity index (χ0) is 24.1. The number of nitrogens with zero attached hydrogens (tertiary/aromatic N) is 2. The van der Waals surface area contributed by atoms with Gasteiger partial charge in [0.05, 0.1) is 25.8 Å². The molecule has 0 saturated carbocycles. The highest BCUT2D eigenvalue weighted by molar-refractivity contribution is 7.80. The van der Waals surface area contributed by atoms with Gasteiger partial charge in [-0.05, 0) is 61.8 Å². The fourth-order valence-electron chi connectivity index (χ4n) is 4.48. The van der Waals surface area contributed by atoms with E-state index in [0.29, 0.717) is 11.7 Å². The largest absolute Gasteiger partial charge is 0.379 e. The number of hydrogen-bond donors (Lipinski definition) is 2. The average Bonchev–Trinajstić information content (AvgIpc) is 2.83. The second-order valence-corrected chi connectivity index (χ2v) is 9.51. The number of hydrogen-bond acceptors (Lipinski definition) is 4. The molecule has 7 heteroatoms. The quantitative estimate of drug-likeness (QED) is 0.502. The van der Waals surface area contributed by atoms with Crippen molar-refractivity contribution >= 4 is 28.2 Å². The minimum atomic E-state index is -0.0622. The lowest BCUT2D eigenvalue weighted by molar-refractivity contribution is 0.0357. The first kappa shape index (κ1) is 24.4. The Morgan fingerprint density at radius 1 is 1.18 bits per heavy atom. The van der Waals surface area contributed by atoms with Crippen molar-refractivity contribution < 1.29 is 4.74 Å². The maximum Gasteiger partial charge on any atom is 0.253 e. The van der Waals surface area contributed by atoms with Crippen LogP contribution in [0.2, 0.25) is 0 Å². The van der Waals surface area contributed by atoms with Gasteiger partial charge in [-0.1, -0.05) is 36.4 Å². The summed E-state index contributed by atoms with van der Waals surface area (Å²) in [6.07, 6.45) is 0. The van der Waals surface area contributed by atoms with E-state index >= 15 is 0 Å². The fraction of sp³-hybridized carbons (Fsp3) is 0.407. The first-order valence-corrected chi connectivity index (χ1v) is 12.3. The molecule has 2 aromatic carbocycles. The zero-order valence-corrected chi connectivity index (χ0v) is 21.1. The Hall–Kier alpha value is -2.74. The van der Waals surface area contributed by atoms with Gasteiger partial charge in [0.2, 0.25) is 0 Å². The molecule has 3 aromatic rings. The number of morpholine rings is 1. The van der Waals surface area contributed by atoms with Crippen molar-refractivity contribution in [2.45, 2.75) is 33.4 Å². The number of fused-ring (bicyclic) bond motifs is 1. The van der Waals surface area contributed by atoms with E-state index in [1.165, 1.54) is 5.56 Å². The van der Waals surface area contributed by atoms with Crippen LogP contribution in [0.4, 0.5) is 0 Å². The van der Waals surface area contributed by atoms with Crippen LogP contribution < -0.4 is 10.9 Å². The van der Waals surface area contributed by atoms with Crippen LogP contribution in [0.3, 0.4) is 0 Å². The number of aromatic amines is 1.